The van der Waals surface area contributed by atoms with Gasteiger partial charge in [0, 0.05) is 45.3 Å². The third kappa shape index (κ3) is 4.72. The first-order chi connectivity index (χ1) is 10.7. The molecular weight excluding hydrogens is 312 g/mol. The lowest BCUT2D eigenvalue weighted by molar-refractivity contribution is 0.169. The predicted molar refractivity (Wildman–Crippen MR) is 96.9 cm³/mol. The Labute approximate surface area is 145 Å². The zero-order valence-corrected chi connectivity index (χ0v) is 15.1. The molecule has 1 aromatic rings. The van der Waals surface area contributed by atoms with Crippen LogP contribution < -0.4 is 15.0 Å². The van der Waals surface area contributed by atoms with Crippen molar-refractivity contribution in [2.45, 2.75) is 20.3 Å². The zero-order chi connectivity index (χ0) is 15.4. The summed E-state index contributed by atoms with van der Waals surface area (Å²) in [5.41, 5.74) is 0.454. The highest BCUT2D eigenvalue weighted by atomic mass is 35.5. The number of aromatic nitrogens is 1. The average molecular weight is 341 g/mol. The molecule has 0 radical (unpaired) electrons. The molecule has 2 aliphatic heterocycles. The number of rotatable bonds is 5. The molecule has 3 rings (SSSR count). The quantitative estimate of drug-likeness (QED) is 0.888. The van der Waals surface area contributed by atoms with Crippen molar-refractivity contribution < 1.29 is 4.74 Å². The fourth-order valence-corrected chi connectivity index (χ4v) is 3.49. The molecular formula is C17H29ClN4O. The van der Waals surface area contributed by atoms with Crippen LogP contribution >= 0.6 is 12.4 Å². The van der Waals surface area contributed by atoms with E-state index < -0.39 is 0 Å². The number of ether oxygens (including phenoxy) is 1. The molecule has 0 saturated carbocycles. The SMILES string of the molecule is CCOc1cccc(N2CCN(CC3(C)CCNC3)CC2)n1.Cl. The van der Waals surface area contributed by atoms with E-state index in [9.17, 15) is 0 Å². The molecule has 6 heteroatoms. The number of nitrogens with one attached hydrogen (secondary N) is 1. The summed E-state index contributed by atoms with van der Waals surface area (Å²) < 4.78 is 5.51. The maximum atomic E-state index is 5.51. The first-order valence-electron chi connectivity index (χ1n) is 8.46. The van der Waals surface area contributed by atoms with Crippen LogP contribution in [0.25, 0.3) is 0 Å². The molecule has 0 bridgehead atoms. The summed E-state index contributed by atoms with van der Waals surface area (Å²) in [5, 5.41) is 3.49. The summed E-state index contributed by atoms with van der Waals surface area (Å²) in [4.78, 5) is 9.58. The molecule has 2 fully saturated rings. The molecule has 0 amide bonds. The van der Waals surface area contributed by atoms with Crippen molar-refractivity contribution >= 4 is 18.2 Å². The number of pyridine rings is 1. The Bertz CT molecular complexity index is 485. The number of halogens is 1. The van der Waals surface area contributed by atoms with Gasteiger partial charge in [-0.25, -0.2) is 0 Å². The van der Waals surface area contributed by atoms with Gasteiger partial charge >= 0.3 is 0 Å². The van der Waals surface area contributed by atoms with E-state index in [0.717, 1.165) is 44.4 Å². The van der Waals surface area contributed by atoms with Crippen LogP contribution in [0.2, 0.25) is 0 Å². The minimum absolute atomic E-state index is 0. The van der Waals surface area contributed by atoms with Gasteiger partial charge in [0.1, 0.15) is 5.82 Å². The van der Waals surface area contributed by atoms with Crippen molar-refractivity contribution in [3.8, 4) is 5.88 Å². The van der Waals surface area contributed by atoms with Gasteiger partial charge in [-0.1, -0.05) is 13.0 Å². The molecule has 0 aliphatic carbocycles. The van der Waals surface area contributed by atoms with Crippen LogP contribution in [0.3, 0.4) is 0 Å². The third-order valence-electron chi connectivity index (χ3n) is 4.76. The topological polar surface area (TPSA) is 40.6 Å². The Kier molecular flexibility index (Phi) is 6.50. The zero-order valence-electron chi connectivity index (χ0n) is 14.3. The van der Waals surface area contributed by atoms with Gasteiger partial charge in [0.25, 0.3) is 0 Å². The van der Waals surface area contributed by atoms with Crippen LogP contribution in [0.5, 0.6) is 5.88 Å². The first-order valence-corrected chi connectivity index (χ1v) is 8.46. The van der Waals surface area contributed by atoms with Crippen LogP contribution in [0.15, 0.2) is 18.2 Å². The molecule has 2 aliphatic rings. The maximum absolute atomic E-state index is 5.51. The number of nitrogens with zero attached hydrogens (tertiary/aromatic N) is 3. The van der Waals surface area contributed by atoms with Crippen molar-refractivity contribution in [1.29, 1.82) is 0 Å². The molecule has 1 N–H and O–H groups in total. The van der Waals surface area contributed by atoms with E-state index in [1.165, 1.54) is 19.5 Å². The summed E-state index contributed by atoms with van der Waals surface area (Å²) in [7, 11) is 0. The monoisotopic (exact) mass is 340 g/mol. The summed E-state index contributed by atoms with van der Waals surface area (Å²) >= 11 is 0. The lowest BCUT2D eigenvalue weighted by Crippen LogP contribution is -2.50. The van der Waals surface area contributed by atoms with Gasteiger partial charge in [0.15, 0.2) is 0 Å². The summed E-state index contributed by atoms with van der Waals surface area (Å²) in [6.45, 7) is 12.9. The highest BCUT2D eigenvalue weighted by Gasteiger charge is 2.31. The van der Waals surface area contributed by atoms with Crippen LogP contribution in [0.1, 0.15) is 20.3 Å². The van der Waals surface area contributed by atoms with Crippen molar-refractivity contribution in [1.82, 2.24) is 15.2 Å². The molecule has 1 aromatic heterocycles. The van der Waals surface area contributed by atoms with Gasteiger partial charge in [0.2, 0.25) is 5.88 Å². The van der Waals surface area contributed by atoms with Crippen molar-refractivity contribution in [3.63, 3.8) is 0 Å². The lowest BCUT2D eigenvalue weighted by Gasteiger charge is -2.39. The highest BCUT2D eigenvalue weighted by Crippen LogP contribution is 2.26. The second-order valence-corrected chi connectivity index (χ2v) is 6.77. The van der Waals surface area contributed by atoms with E-state index in [0.29, 0.717) is 12.0 Å². The van der Waals surface area contributed by atoms with Crippen LogP contribution in [0, 0.1) is 5.41 Å². The number of piperazine rings is 1. The predicted octanol–water partition coefficient (Wildman–Crippen LogP) is 2.02. The first kappa shape index (κ1) is 18.3. The molecule has 3 heterocycles. The normalized spacial score (nSPS) is 25.2. The smallest absolute Gasteiger partial charge is 0.215 e. The van der Waals surface area contributed by atoms with Gasteiger partial charge in [0.05, 0.1) is 6.61 Å². The van der Waals surface area contributed by atoms with Crippen molar-refractivity contribution in [2.24, 2.45) is 5.41 Å². The van der Waals surface area contributed by atoms with E-state index in [4.69, 9.17) is 4.74 Å². The summed E-state index contributed by atoms with van der Waals surface area (Å²) in [6.07, 6.45) is 1.30. The second-order valence-electron chi connectivity index (χ2n) is 6.77. The van der Waals surface area contributed by atoms with Crippen LogP contribution in [0.4, 0.5) is 5.82 Å². The van der Waals surface area contributed by atoms with E-state index in [1.54, 1.807) is 0 Å². The van der Waals surface area contributed by atoms with Gasteiger partial charge < -0.3 is 15.0 Å². The minimum Gasteiger partial charge on any atom is -0.478 e. The Morgan fingerprint density at radius 2 is 2.04 bits per heavy atom. The highest BCUT2D eigenvalue weighted by molar-refractivity contribution is 5.85. The molecule has 2 saturated heterocycles. The van der Waals surface area contributed by atoms with E-state index in [-0.39, 0.29) is 12.4 Å². The Balaban J connectivity index is 0.00000192. The Morgan fingerprint density at radius 3 is 2.70 bits per heavy atom. The minimum atomic E-state index is 0. The fraction of sp³-hybridized carbons (Fsp3) is 0.706. The fourth-order valence-electron chi connectivity index (χ4n) is 3.49. The summed E-state index contributed by atoms with van der Waals surface area (Å²) in [5.74, 6) is 1.77. The molecule has 130 valence electrons. The third-order valence-corrected chi connectivity index (χ3v) is 4.76. The molecule has 0 aromatic carbocycles. The van der Waals surface area contributed by atoms with Gasteiger partial charge in [-0.15, -0.1) is 12.4 Å². The summed E-state index contributed by atoms with van der Waals surface area (Å²) in [6, 6.07) is 6.04. The molecule has 23 heavy (non-hydrogen) atoms. The maximum Gasteiger partial charge on any atom is 0.215 e. The Hall–Kier alpha value is -1.04. The standard InChI is InChI=1S/C17H28N4O.ClH/c1-3-22-16-6-4-5-15(19-16)21-11-9-20(10-12-21)14-17(2)7-8-18-13-17;/h4-6,18H,3,7-14H2,1-2H3;1H. The largest absolute Gasteiger partial charge is 0.478 e. The van der Waals surface area contributed by atoms with Gasteiger partial charge in [-0.3, -0.25) is 4.90 Å². The van der Waals surface area contributed by atoms with E-state index in [1.807, 2.05) is 19.1 Å². The van der Waals surface area contributed by atoms with Crippen LogP contribution in [-0.4, -0.2) is 62.3 Å². The van der Waals surface area contributed by atoms with Gasteiger partial charge in [-0.2, -0.15) is 4.98 Å². The average Bonchev–Trinajstić information content (AvgIpc) is 2.95. The van der Waals surface area contributed by atoms with Crippen molar-refractivity contribution in [3.05, 3.63) is 18.2 Å². The number of hydrogen-bond donors (Lipinski definition) is 1. The molecule has 0 spiro atoms. The van der Waals surface area contributed by atoms with Crippen molar-refractivity contribution in [2.75, 3.05) is 57.3 Å². The van der Waals surface area contributed by atoms with E-state index in [2.05, 4.69) is 33.1 Å². The number of hydrogen-bond acceptors (Lipinski definition) is 5. The van der Waals surface area contributed by atoms with Crippen LogP contribution in [-0.2, 0) is 0 Å². The molecule has 1 atom stereocenters. The second kappa shape index (κ2) is 8.18. The van der Waals surface area contributed by atoms with E-state index >= 15 is 0 Å². The Morgan fingerprint density at radius 1 is 1.26 bits per heavy atom. The lowest BCUT2D eigenvalue weighted by atomic mass is 9.89. The molecule has 1 unspecified atom stereocenters. The number of anilines is 1. The molecule has 5 nitrogen and oxygen atoms in total. The van der Waals surface area contributed by atoms with Gasteiger partial charge in [-0.05, 0) is 31.4 Å².